The van der Waals surface area contributed by atoms with Crippen molar-refractivity contribution < 1.29 is 9.47 Å². The molecule has 3 nitrogen and oxygen atoms in total. The van der Waals surface area contributed by atoms with Gasteiger partial charge in [0.1, 0.15) is 5.75 Å². The minimum Gasteiger partial charge on any atom is -0.496 e. The second-order valence-electron chi connectivity index (χ2n) is 3.77. The Morgan fingerprint density at radius 3 is 2.41 bits per heavy atom. The van der Waals surface area contributed by atoms with Gasteiger partial charge < -0.3 is 9.47 Å². The van der Waals surface area contributed by atoms with Gasteiger partial charge in [0.05, 0.1) is 14.2 Å². The molecule has 2 rings (SSSR count). The van der Waals surface area contributed by atoms with Crippen LogP contribution in [0.5, 0.6) is 11.6 Å². The molecule has 0 saturated carbocycles. The van der Waals surface area contributed by atoms with Crippen LogP contribution in [0.3, 0.4) is 0 Å². The third-order valence-corrected chi connectivity index (χ3v) is 2.69. The van der Waals surface area contributed by atoms with E-state index < -0.39 is 0 Å². The lowest BCUT2D eigenvalue weighted by molar-refractivity contribution is 0.398. The van der Waals surface area contributed by atoms with Crippen molar-refractivity contribution >= 4 is 0 Å². The molecule has 0 aliphatic heterocycles. The largest absolute Gasteiger partial charge is 0.496 e. The summed E-state index contributed by atoms with van der Waals surface area (Å²) in [6, 6.07) is 9.98. The maximum Gasteiger partial charge on any atom is 0.213 e. The van der Waals surface area contributed by atoms with Gasteiger partial charge in [-0.25, -0.2) is 4.98 Å². The summed E-state index contributed by atoms with van der Waals surface area (Å²) in [6.45, 7) is 2.02. The standard InChI is InChI=1S/C14H15NO2/c1-10-4-5-11(8-13(10)16-2)12-6-7-15-14(9-12)17-3/h4-9H,1-3H3. The van der Waals surface area contributed by atoms with Crippen LogP contribution in [0, 0.1) is 6.92 Å². The topological polar surface area (TPSA) is 31.4 Å². The average molecular weight is 229 g/mol. The number of aryl methyl sites for hydroxylation is 1. The molecular weight excluding hydrogens is 214 g/mol. The Labute approximate surface area is 101 Å². The van der Waals surface area contributed by atoms with Gasteiger partial charge in [-0.15, -0.1) is 0 Å². The van der Waals surface area contributed by atoms with E-state index in [4.69, 9.17) is 9.47 Å². The Kier molecular flexibility index (Phi) is 3.28. The number of pyridine rings is 1. The molecule has 0 radical (unpaired) electrons. The van der Waals surface area contributed by atoms with E-state index in [0.29, 0.717) is 5.88 Å². The van der Waals surface area contributed by atoms with Crippen molar-refractivity contribution in [2.24, 2.45) is 0 Å². The molecule has 0 aliphatic rings. The molecule has 0 aliphatic carbocycles. The molecular formula is C14H15NO2. The van der Waals surface area contributed by atoms with Gasteiger partial charge in [-0.3, -0.25) is 0 Å². The molecule has 2 aromatic rings. The Morgan fingerprint density at radius 1 is 0.941 bits per heavy atom. The molecule has 1 heterocycles. The summed E-state index contributed by atoms with van der Waals surface area (Å²) >= 11 is 0. The van der Waals surface area contributed by atoms with Gasteiger partial charge >= 0.3 is 0 Å². The highest BCUT2D eigenvalue weighted by atomic mass is 16.5. The Bertz CT molecular complexity index is 523. The lowest BCUT2D eigenvalue weighted by Crippen LogP contribution is -1.90. The molecule has 0 unspecified atom stereocenters. The quantitative estimate of drug-likeness (QED) is 0.810. The van der Waals surface area contributed by atoms with Crippen molar-refractivity contribution in [1.82, 2.24) is 4.98 Å². The molecule has 0 N–H and O–H groups in total. The van der Waals surface area contributed by atoms with E-state index >= 15 is 0 Å². The van der Waals surface area contributed by atoms with Crippen molar-refractivity contribution in [2.75, 3.05) is 14.2 Å². The predicted molar refractivity (Wildman–Crippen MR) is 67.5 cm³/mol. The second kappa shape index (κ2) is 4.87. The predicted octanol–water partition coefficient (Wildman–Crippen LogP) is 3.07. The van der Waals surface area contributed by atoms with Gasteiger partial charge in [0.25, 0.3) is 0 Å². The van der Waals surface area contributed by atoms with Crippen molar-refractivity contribution in [3.8, 4) is 22.8 Å². The first kappa shape index (κ1) is 11.5. The van der Waals surface area contributed by atoms with Crippen LogP contribution < -0.4 is 9.47 Å². The maximum atomic E-state index is 5.32. The fraction of sp³-hybridized carbons (Fsp3) is 0.214. The van der Waals surface area contributed by atoms with E-state index in [1.165, 1.54) is 0 Å². The van der Waals surface area contributed by atoms with Crippen molar-refractivity contribution in [1.29, 1.82) is 0 Å². The minimum atomic E-state index is 0.613. The Morgan fingerprint density at radius 2 is 1.71 bits per heavy atom. The van der Waals surface area contributed by atoms with Crippen LogP contribution in [0.15, 0.2) is 36.5 Å². The normalized spacial score (nSPS) is 10.1. The highest BCUT2D eigenvalue weighted by Crippen LogP contribution is 2.27. The molecule has 0 saturated heterocycles. The van der Waals surface area contributed by atoms with E-state index in [9.17, 15) is 0 Å². The first-order valence-electron chi connectivity index (χ1n) is 5.39. The lowest BCUT2D eigenvalue weighted by atomic mass is 10.0. The number of rotatable bonds is 3. The van der Waals surface area contributed by atoms with E-state index in [1.807, 2.05) is 31.2 Å². The third-order valence-electron chi connectivity index (χ3n) is 2.69. The van der Waals surface area contributed by atoms with Crippen LogP contribution in [-0.2, 0) is 0 Å². The molecule has 1 aromatic heterocycles. The highest BCUT2D eigenvalue weighted by molar-refractivity contribution is 5.66. The first-order chi connectivity index (χ1) is 8.24. The van der Waals surface area contributed by atoms with Crippen molar-refractivity contribution in [2.45, 2.75) is 6.92 Å². The summed E-state index contributed by atoms with van der Waals surface area (Å²) < 4.78 is 10.4. The molecule has 0 amide bonds. The fourth-order valence-electron chi connectivity index (χ4n) is 1.70. The van der Waals surface area contributed by atoms with Gasteiger partial charge in [0.2, 0.25) is 5.88 Å². The smallest absolute Gasteiger partial charge is 0.213 e. The van der Waals surface area contributed by atoms with E-state index in [-0.39, 0.29) is 0 Å². The Balaban J connectivity index is 2.45. The summed E-state index contributed by atoms with van der Waals surface area (Å²) in [7, 11) is 3.29. The maximum absolute atomic E-state index is 5.32. The van der Waals surface area contributed by atoms with Gasteiger partial charge in [-0.1, -0.05) is 12.1 Å². The van der Waals surface area contributed by atoms with Crippen LogP contribution in [0.25, 0.3) is 11.1 Å². The molecule has 1 aromatic carbocycles. The van der Waals surface area contributed by atoms with Gasteiger partial charge in [0, 0.05) is 12.3 Å². The summed E-state index contributed by atoms with van der Waals surface area (Å²) in [4.78, 5) is 4.09. The summed E-state index contributed by atoms with van der Waals surface area (Å²) in [5.74, 6) is 1.50. The van der Waals surface area contributed by atoms with Crippen LogP contribution in [-0.4, -0.2) is 19.2 Å². The zero-order chi connectivity index (χ0) is 12.3. The first-order valence-corrected chi connectivity index (χ1v) is 5.39. The molecule has 0 fully saturated rings. The van der Waals surface area contributed by atoms with E-state index in [1.54, 1.807) is 20.4 Å². The second-order valence-corrected chi connectivity index (χ2v) is 3.77. The van der Waals surface area contributed by atoms with Gasteiger partial charge in [-0.2, -0.15) is 0 Å². The number of ether oxygens (including phenoxy) is 2. The molecule has 88 valence electrons. The summed E-state index contributed by atoms with van der Waals surface area (Å²) in [5, 5.41) is 0. The number of nitrogens with zero attached hydrogens (tertiary/aromatic N) is 1. The molecule has 0 spiro atoms. The van der Waals surface area contributed by atoms with E-state index in [0.717, 1.165) is 22.4 Å². The zero-order valence-corrected chi connectivity index (χ0v) is 10.2. The summed E-state index contributed by atoms with van der Waals surface area (Å²) in [5.41, 5.74) is 3.28. The van der Waals surface area contributed by atoms with Crippen LogP contribution in [0.4, 0.5) is 0 Å². The average Bonchev–Trinajstić information content (AvgIpc) is 2.39. The fourth-order valence-corrected chi connectivity index (χ4v) is 1.70. The molecule has 0 atom stereocenters. The molecule has 17 heavy (non-hydrogen) atoms. The lowest BCUT2D eigenvalue weighted by Gasteiger charge is -2.08. The number of methoxy groups -OCH3 is 2. The van der Waals surface area contributed by atoms with Gasteiger partial charge in [0.15, 0.2) is 0 Å². The third kappa shape index (κ3) is 2.38. The number of aromatic nitrogens is 1. The summed E-state index contributed by atoms with van der Waals surface area (Å²) in [6.07, 6.45) is 1.74. The van der Waals surface area contributed by atoms with E-state index in [2.05, 4.69) is 11.1 Å². The monoisotopic (exact) mass is 229 g/mol. The zero-order valence-electron chi connectivity index (χ0n) is 10.2. The Hall–Kier alpha value is -2.03. The molecule has 0 bridgehead atoms. The highest BCUT2D eigenvalue weighted by Gasteiger charge is 2.04. The number of hydrogen-bond acceptors (Lipinski definition) is 3. The van der Waals surface area contributed by atoms with Crippen LogP contribution in [0.2, 0.25) is 0 Å². The van der Waals surface area contributed by atoms with Crippen molar-refractivity contribution in [3.05, 3.63) is 42.1 Å². The van der Waals surface area contributed by atoms with Crippen LogP contribution >= 0.6 is 0 Å². The SMILES string of the molecule is COc1cc(-c2ccc(C)c(OC)c2)ccn1. The minimum absolute atomic E-state index is 0.613. The van der Waals surface area contributed by atoms with Crippen LogP contribution in [0.1, 0.15) is 5.56 Å². The number of benzene rings is 1. The number of hydrogen-bond donors (Lipinski definition) is 0. The molecule has 3 heteroatoms. The van der Waals surface area contributed by atoms with Crippen molar-refractivity contribution in [3.63, 3.8) is 0 Å². The van der Waals surface area contributed by atoms with Gasteiger partial charge in [-0.05, 0) is 35.7 Å².